The van der Waals surface area contributed by atoms with Crippen LogP contribution in [0.1, 0.15) is 53.2 Å². The molecule has 0 aliphatic rings. The molecule has 8 nitrogen and oxygen atoms in total. The highest BCUT2D eigenvalue weighted by Gasteiger charge is 2.23. The lowest BCUT2D eigenvalue weighted by atomic mass is 10.0. The normalized spacial score (nSPS) is 12.8. The van der Waals surface area contributed by atoms with Gasteiger partial charge in [0.05, 0.1) is 37.5 Å². The molecule has 230 valence electrons. The maximum atomic E-state index is 15.6. The van der Waals surface area contributed by atoms with Gasteiger partial charge in [0, 0.05) is 43.1 Å². The molecule has 2 heterocycles. The van der Waals surface area contributed by atoms with Gasteiger partial charge in [0.25, 0.3) is 0 Å². The first-order chi connectivity index (χ1) is 20.4. The number of halogens is 2. The molecular weight excluding hydrogens is 602 g/mol. The number of methoxy groups -OCH3 is 2. The van der Waals surface area contributed by atoms with Crippen molar-refractivity contribution in [2.24, 2.45) is 11.8 Å². The molecule has 0 bridgehead atoms. The third kappa shape index (κ3) is 7.07. The summed E-state index contributed by atoms with van der Waals surface area (Å²) < 4.78 is 48.9. The molecule has 0 saturated carbocycles. The van der Waals surface area contributed by atoms with E-state index in [1.54, 1.807) is 25.1 Å². The van der Waals surface area contributed by atoms with Crippen molar-refractivity contribution < 1.29 is 47.6 Å². The Labute approximate surface area is 254 Å². The van der Waals surface area contributed by atoms with Crippen LogP contribution in [0.5, 0.6) is 17.2 Å². The minimum atomic E-state index is -1.08. The Balaban J connectivity index is 1.48. The lowest BCUT2D eigenvalue weighted by molar-refractivity contribution is -0.142. The van der Waals surface area contributed by atoms with Gasteiger partial charge in [0.1, 0.15) is 11.6 Å². The fourth-order valence-corrected chi connectivity index (χ4v) is 6.78. The number of thiophene rings is 2. The molecule has 0 aliphatic heterocycles. The van der Waals surface area contributed by atoms with Crippen LogP contribution < -0.4 is 14.2 Å². The van der Waals surface area contributed by atoms with Crippen molar-refractivity contribution in [2.45, 2.75) is 46.0 Å². The number of rotatable bonds is 15. The summed E-state index contributed by atoms with van der Waals surface area (Å²) in [5, 5.41) is 18.8. The molecule has 2 aromatic heterocycles. The van der Waals surface area contributed by atoms with Crippen LogP contribution >= 0.6 is 22.7 Å². The van der Waals surface area contributed by atoms with Gasteiger partial charge in [-0.15, -0.1) is 22.7 Å². The van der Waals surface area contributed by atoms with Crippen LogP contribution in [0.3, 0.4) is 0 Å². The standard InChI is InChI=1S/C31H32F2O8S2/c1-15(30(35)36)7-8-17-11-19-24(42-17)14-23(40-4)29(28(19)33)41-9-5-6-18-22(39-3)13-25-20(27(18)32)12-26(43-25)21(34)10-16(2)31(37)38/h11-16H,5-10H2,1-4H3,(H,35,36)(H,37,38). The first-order valence-corrected chi connectivity index (χ1v) is 15.3. The molecule has 4 rings (SSSR count). The molecule has 0 amide bonds. The van der Waals surface area contributed by atoms with Crippen molar-refractivity contribution in [3.8, 4) is 17.2 Å². The quantitative estimate of drug-likeness (QED) is 0.103. The first-order valence-electron chi connectivity index (χ1n) is 13.6. The fraction of sp³-hybridized carbons (Fsp3) is 0.387. The van der Waals surface area contributed by atoms with Crippen molar-refractivity contribution >= 4 is 60.6 Å². The molecular formula is C31H32F2O8S2. The van der Waals surface area contributed by atoms with Gasteiger partial charge in [-0.05, 0) is 43.9 Å². The van der Waals surface area contributed by atoms with Crippen molar-refractivity contribution in [2.75, 3.05) is 20.8 Å². The van der Waals surface area contributed by atoms with Gasteiger partial charge >= 0.3 is 11.9 Å². The zero-order valence-electron chi connectivity index (χ0n) is 24.1. The summed E-state index contributed by atoms with van der Waals surface area (Å²) in [6, 6.07) is 6.48. The summed E-state index contributed by atoms with van der Waals surface area (Å²) in [6.07, 6.45) is 1.27. The average Bonchev–Trinajstić information content (AvgIpc) is 3.60. The number of ketones is 1. The van der Waals surface area contributed by atoms with E-state index in [1.165, 1.54) is 38.5 Å². The van der Waals surface area contributed by atoms with Crippen LogP contribution in [-0.4, -0.2) is 48.8 Å². The van der Waals surface area contributed by atoms with E-state index in [9.17, 15) is 14.4 Å². The summed E-state index contributed by atoms with van der Waals surface area (Å²) in [5.74, 6) is -4.34. The Kier molecular flexibility index (Phi) is 10.2. The summed E-state index contributed by atoms with van der Waals surface area (Å²) in [5.41, 5.74) is 0.287. The largest absolute Gasteiger partial charge is 0.496 e. The summed E-state index contributed by atoms with van der Waals surface area (Å²) in [6.45, 7) is 3.13. The van der Waals surface area contributed by atoms with E-state index < -0.39 is 35.4 Å². The molecule has 0 saturated heterocycles. The summed E-state index contributed by atoms with van der Waals surface area (Å²) in [7, 11) is 2.83. The van der Waals surface area contributed by atoms with Gasteiger partial charge in [0.15, 0.2) is 23.1 Å². The lowest BCUT2D eigenvalue weighted by Gasteiger charge is -2.14. The van der Waals surface area contributed by atoms with Gasteiger partial charge in [0.2, 0.25) is 0 Å². The number of hydrogen-bond donors (Lipinski definition) is 2. The second-order valence-corrected chi connectivity index (χ2v) is 12.6. The predicted octanol–water partition coefficient (Wildman–Crippen LogP) is 7.37. The molecule has 0 spiro atoms. The van der Waals surface area contributed by atoms with E-state index in [0.717, 1.165) is 16.2 Å². The highest BCUT2D eigenvalue weighted by atomic mass is 32.1. The molecule has 0 aliphatic carbocycles. The molecule has 12 heteroatoms. The van der Waals surface area contributed by atoms with Crippen LogP contribution in [0.15, 0.2) is 24.3 Å². The molecule has 0 radical (unpaired) electrons. The Morgan fingerprint density at radius 1 is 0.837 bits per heavy atom. The fourth-order valence-electron chi connectivity index (χ4n) is 4.65. The molecule has 4 aromatic rings. The van der Waals surface area contributed by atoms with Crippen LogP contribution in [0, 0.1) is 23.5 Å². The van der Waals surface area contributed by atoms with E-state index in [1.807, 2.05) is 0 Å². The number of aliphatic carboxylic acids is 2. The Morgan fingerprint density at radius 2 is 1.47 bits per heavy atom. The highest BCUT2D eigenvalue weighted by Crippen LogP contribution is 2.41. The molecule has 2 atom stereocenters. The van der Waals surface area contributed by atoms with Crippen molar-refractivity contribution in [1.82, 2.24) is 0 Å². The molecule has 2 N–H and O–H groups in total. The van der Waals surface area contributed by atoms with Crippen molar-refractivity contribution in [1.29, 1.82) is 0 Å². The van der Waals surface area contributed by atoms with E-state index in [2.05, 4.69) is 0 Å². The number of carbonyl (C=O) groups is 3. The van der Waals surface area contributed by atoms with Gasteiger partial charge < -0.3 is 24.4 Å². The average molecular weight is 635 g/mol. The predicted molar refractivity (Wildman–Crippen MR) is 161 cm³/mol. The zero-order valence-corrected chi connectivity index (χ0v) is 25.8. The lowest BCUT2D eigenvalue weighted by Crippen LogP contribution is -2.13. The van der Waals surface area contributed by atoms with Gasteiger partial charge in [-0.3, -0.25) is 14.4 Å². The van der Waals surface area contributed by atoms with E-state index in [-0.39, 0.29) is 52.6 Å². The minimum absolute atomic E-state index is 0.0486. The Bertz CT molecular complexity index is 1680. The van der Waals surface area contributed by atoms with E-state index in [4.69, 9.17) is 24.4 Å². The molecule has 0 fully saturated rings. The number of carboxylic acids is 2. The molecule has 2 unspecified atom stereocenters. The second-order valence-electron chi connectivity index (χ2n) is 10.3. The highest BCUT2D eigenvalue weighted by molar-refractivity contribution is 7.21. The molecule has 43 heavy (non-hydrogen) atoms. The number of ether oxygens (including phenoxy) is 3. The van der Waals surface area contributed by atoms with Gasteiger partial charge in [-0.1, -0.05) is 13.8 Å². The van der Waals surface area contributed by atoms with Crippen LogP contribution in [0.4, 0.5) is 8.78 Å². The number of benzene rings is 2. The minimum Gasteiger partial charge on any atom is -0.496 e. The Morgan fingerprint density at radius 3 is 2.12 bits per heavy atom. The maximum Gasteiger partial charge on any atom is 0.306 e. The maximum absolute atomic E-state index is 15.6. The number of aryl methyl sites for hydroxylation is 1. The van der Waals surface area contributed by atoms with Crippen LogP contribution in [0.2, 0.25) is 0 Å². The smallest absolute Gasteiger partial charge is 0.306 e. The van der Waals surface area contributed by atoms with Crippen LogP contribution in [0.25, 0.3) is 20.2 Å². The molecule has 2 aromatic carbocycles. The number of carboxylic acid groups (broad SMARTS) is 2. The topological polar surface area (TPSA) is 119 Å². The SMILES string of the molecule is COc1cc2sc(C(=O)CC(C)C(=O)O)cc2c(F)c1CCCOc1c(OC)cc2sc(CCC(C)C(=O)O)cc2c1F. The first kappa shape index (κ1) is 32.2. The van der Waals surface area contributed by atoms with E-state index >= 15 is 8.78 Å². The van der Waals surface area contributed by atoms with Crippen molar-refractivity contribution in [3.05, 3.63) is 51.2 Å². The number of fused-ring (bicyclic) bond motifs is 2. The summed E-state index contributed by atoms with van der Waals surface area (Å²) >= 11 is 2.46. The van der Waals surface area contributed by atoms with Crippen LogP contribution in [-0.2, 0) is 22.4 Å². The third-order valence-electron chi connectivity index (χ3n) is 7.25. The number of hydrogen-bond acceptors (Lipinski definition) is 8. The van der Waals surface area contributed by atoms with Gasteiger partial charge in [-0.25, -0.2) is 8.78 Å². The third-order valence-corrected chi connectivity index (χ3v) is 9.51. The van der Waals surface area contributed by atoms with E-state index in [0.29, 0.717) is 39.8 Å². The zero-order chi connectivity index (χ0) is 31.4. The monoisotopic (exact) mass is 634 g/mol. The summed E-state index contributed by atoms with van der Waals surface area (Å²) in [4.78, 5) is 36.0. The van der Waals surface area contributed by atoms with Crippen molar-refractivity contribution in [3.63, 3.8) is 0 Å². The second kappa shape index (κ2) is 13.7. The number of Topliss-reactive ketones (excluding diaryl/α,β-unsaturated/α-hetero) is 1. The number of carbonyl (C=O) groups excluding carboxylic acids is 1. The van der Waals surface area contributed by atoms with Gasteiger partial charge in [-0.2, -0.15) is 0 Å². The Hall–Kier alpha value is -3.77.